The lowest BCUT2D eigenvalue weighted by Gasteiger charge is -2.26. The molecule has 0 spiro atoms. The van der Waals surface area contributed by atoms with Crippen molar-refractivity contribution in [3.8, 4) is 11.3 Å². The molecular formula is C19H22BrN5O. The Morgan fingerprint density at radius 3 is 2.65 bits per heavy atom. The summed E-state index contributed by atoms with van der Waals surface area (Å²) in [7, 11) is 1.95. The molecule has 1 aliphatic rings. The lowest BCUT2D eigenvalue weighted by molar-refractivity contribution is 0.122. The van der Waals surface area contributed by atoms with Gasteiger partial charge in [0.05, 0.1) is 24.3 Å². The van der Waals surface area contributed by atoms with Crippen molar-refractivity contribution in [2.45, 2.75) is 19.8 Å². The number of halogens is 1. The van der Waals surface area contributed by atoms with Crippen LogP contribution in [0.1, 0.15) is 25.3 Å². The predicted molar refractivity (Wildman–Crippen MR) is 107 cm³/mol. The van der Waals surface area contributed by atoms with Gasteiger partial charge in [-0.1, -0.05) is 41.9 Å². The minimum atomic E-state index is 0.489. The molecule has 2 aromatic heterocycles. The standard InChI is InChI=1S/C19H22BrN5O/c1-12(2)13-4-5-14(16(20)10-13)17-15-11-21-19(22-18(15)23-24(17)3)25-6-8-26-9-7-25/h4-5,10-12H,6-9H2,1-3H3. The molecule has 0 unspecified atom stereocenters. The Morgan fingerprint density at radius 1 is 1.19 bits per heavy atom. The Balaban J connectivity index is 1.77. The van der Waals surface area contributed by atoms with Gasteiger partial charge in [0, 0.05) is 36.4 Å². The van der Waals surface area contributed by atoms with Crippen LogP contribution in [0, 0.1) is 0 Å². The zero-order valence-electron chi connectivity index (χ0n) is 15.2. The summed E-state index contributed by atoms with van der Waals surface area (Å²) in [6.07, 6.45) is 1.89. The second kappa shape index (κ2) is 6.96. The maximum atomic E-state index is 5.41. The maximum absolute atomic E-state index is 5.41. The molecule has 0 amide bonds. The number of aryl methyl sites for hydroxylation is 1. The van der Waals surface area contributed by atoms with Gasteiger partial charge < -0.3 is 9.64 Å². The zero-order chi connectivity index (χ0) is 18.3. The third kappa shape index (κ3) is 3.10. The number of fused-ring (bicyclic) bond motifs is 1. The summed E-state index contributed by atoms with van der Waals surface area (Å²) in [5, 5.41) is 5.59. The molecule has 1 aliphatic heterocycles. The number of hydrogen-bond acceptors (Lipinski definition) is 5. The van der Waals surface area contributed by atoms with Crippen molar-refractivity contribution >= 4 is 32.9 Å². The van der Waals surface area contributed by atoms with E-state index in [1.165, 1.54) is 5.56 Å². The summed E-state index contributed by atoms with van der Waals surface area (Å²) >= 11 is 3.73. The lowest BCUT2D eigenvalue weighted by atomic mass is 10.0. The molecule has 1 aromatic carbocycles. The van der Waals surface area contributed by atoms with Crippen molar-refractivity contribution in [3.63, 3.8) is 0 Å². The maximum Gasteiger partial charge on any atom is 0.227 e. The fourth-order valence-corrected chi connectivity index (χ4v) is 3.88. The first-order chi connectivity index (χ1) is 12.5. The fraction of sp³-hybridized carbons (Fsp3) is 0.421. The summed E-state index contributed by atoms with van der Waals surface area (Å²) in [5.41, 5.74) is 4.15. The minimum absolute atomic E-state index is 0.489. The Morgan fingerprint density at radius 2 is 1.96 bits per heavy atom. The summed E-state index contributed by atoms with van der Waals surface area (Å²) in [4.78, 5) is 11.4. The van der Waals surface area contributed by atoms with Crippen LogP contribution < -0.4 is 4.90 Å². The van der Waals surface area contributed by atoms with Crippen LogP contribution in [-0.4, -0.2) is 46.1 Å². The van der Waals surface area contributed by atoms with Crippen LogP contribution in [-0.2, 0) is 11.8 Å². The van der Waals surface area contributed by atoms with Crippen LogP contribution in [0.5, 0.6) is 0 Å². The van der Waals surface area contributed by atoms with E-state index < -0.39 is 0 Å². The van der Waals surface area contributed by atoms with Gasteiger partial charge in [0.1, 0.15) is 0 Å². The average Bonchev–Trinajstić information content (AvgIpc) is 2.97. The van der Waals surface area contributed by atoms with Gasteiger partial charge in [-0.05, 0) is 17.5 Å². The van der Waals surface area contributed by atoms with E-state index in [-0.39, 0.29) is 0 Å². The van der Waals surface area contributed by atoms with Gasteiger partial charge in [0.25, 0.3) is 0 Å². The molecular weight excluding hydrogens is 394 g/mol. The average molecular weight is 416 g/mol. The fourth-order valence-electron chi connectivity index (χ4n) is 3.29. The molecule has 4 rings (SSSR count). The second-order valence-corrected chi connectivity index (χ2v) is 7.73. The molecule has 0 saturated carbocycles. The molecule has 0 atom stereocenters. The molecule has 0 N–H and O–H groups in total. The number of rotatable bonds is 3. The summed E-state index contributed by atoms with van der Waals surface area (Å²) < 4.78 is 8.35. The Labute approximate surface area is 161 Å². The van der Waals surface area contributed by atoms with Crippen LogP contribution >= 0.6 is 15.9 Å². The van der Waals surface area contributed by atoms with Crippen LogP contribution in [0.4, 0.5) is 5.95 Å². The Kier molecular flexibility index (Phi) is 4.67. The zero-order valence-corrected chi connectivity index (χ0v) is 16.8. The predicted octanol–water partition coefficient (Wildman–Crippen LogP) is 3.75. The Bertz CT molecular complexity index is 946. The van der Waals surface area contributed by atoms with E-state index in [2.05, 4.69) is 63.0 Å². The van der Waals surface area contributed by atoms with Gasteiger partial charge in [-0.25, -0.2) is 4.98 Å². The topological polar surface area (TPSA) is 56.1 Å². The van der Waals surface area contributed by atoms with Gasteiger partial charge >= 0.3 is 0 Å². The number of anilines is 1. The van der Waals surface area contributed by atoms with Crippen molar-refractivity contribution in [1.29, 1.82) is 0 Å². The number of morpholine rings is 1. The summed E-state index contributed by atoms with van der Waals surface area (Å²) in [6.45, 7) is 7.44. The van der Waals surface area contributed by atoms with Crippen LogP contribution in [0.2, 0.25) is 0 Å². The van der Waals surface area contributed by atoms with Gasteiger partial charge in [-0.3, -0.25) is 4.68 Å². The van der Waals surface area contributed by atoms with Crippen molar-refractivity contribution < 1.29 is 4.74 Å². The minimum Gasteiger partial charge on any atom is -0.378 e. The van der Waals surface area contributed by atoms with E-state index in [0.717, 1.165) is 45.8 Å². The summed E-state index contributed by atoms with van der Waals surface area (Å²) in [5.74, 6) is 1.21. The first kappa shape index (κ1) is 17.4. The van der Waals surface area contributed by atoms with Crippen LogP contribution in [0.15, 0.2) is 28.9 Å². The molecule has 1 saturated heterocycles. The van der Waals surface area contributed by atoms with Gasteiger partial charge in [0.15, 0.2) is 5.65 Å². The SMILES string of the molecule is CC(C)c1ccc(-c2c3cnc(N4CCOCC4)nc3nn2C)c(Br)c1. The van der Waals surface area contributed by atoms with E-state index in [9.17, 15) is 0 Å². The number of ether oxygens (including phenoxy) is 1. The molecule has 136 valence electrons. The van der Waals surface area contributed by atoms with E-state index in [4.69, 9.17) is 9.72 Å². The second-order valence-electron chi connectivity index (χ2n) is 6.87. The number of hydrogen-bond donors (Lipinski definition) is 0. The van der Waals surface area contributed by atoms with Crippen molar-refractivity contribution in [2.75, 3.05) is 31.2 Å². The van der Waals surface area contributed by atoms with E-state index in [1.807, 2.05) is 17.9 Å². The van der Waals surface area contributed by atoms with Gasteiger partial charge in [0.2, 0.25) is 5.95 Å². The van der Waals surface area contributed by atoms with E-state index in [1.54, 1.807) is 0 Å². The van der Waals surface area contributed by atoms with Gasteiger partial charge in [-0.15, -0.1) is 0 Å². The third-order valence-electron chi connectivity index (χ3n) is 4.79. The summed E-state index contributed by atoms with van der Waals surface area (Å²) in [6, 6.07) is 6.50. The molecule has 3 aromatic rings. The highest BCUT2D eigenvalue weighted by atomic mass is 79.9. The Hall–Kier alpha value is -1.99. The van der Waals surface area contributed by atoms with E-state index in [0.29, 0.717) is 19.1 Å². The smallest absolute Gasteiger partial charge is 0.227 e. The van der Waals surface area contributed by atoms with Crippen LogP contribution in [0.25, 0.3) is 22.3 Å². The molecule has 3 heterocycles. The first-order valence-corrected chi connectivity index (χ1v) is 9.66. The largest absolute Gasteiger partial charge is 0.378 e. The van der Waals surface area contributed by atoms with Crippen molar-refractivity contribution in [1.82, 2.24) is 19.7 Å². The molecule has 0 aliphatic carbocycles. The highest BCUT2D eigenvalue weighted by Crippen LogP contribution is 2.35. The molecule has 7 heteroatoms. The molecule has 0 radical (unpaired) electrons. The third-order valence-corrected chi connectivity index (χ3v) is 5.44. The van der Waals surface area contributed by atoms with Gasteiger partial charge in [-0.2, -0.15) is 10.1 Å². The number of benzene rings is 1. The lowest BCUT2D eigenvalue weighted by Crippen LogP contribution is -2.37. The highest BCUT2D eigenvalue weighted by Gasteiger charge is 2.19. The van der Waals surface area contributed by atoms with Crippen molar-refractivity contribution in [2.24, 2.45) is 7.05 Å². The molecule has 26 heavy (non-hydrogen) atoms. The van der Waals surface area contributed by atoms with Crippen LogP contribution in [0.3, 0.4) is 0 Å². The van der Waals surface area contributed by atoms with Crippen molar-refractivity contribution in [3.05, 3.63) is 34.4 Å². The monoisotopic (exact) mass is 415 g/mol. The molecule has 6 nitrogen and oxygen atoms in total. The quantitative estimate of drug-likeness (QED) is 0.651. The number of nitrogens with zero attached hydrogens (tertiary/aromatic N) is 5. The highest BCUT2D eigenvalue weighted by molar-refractivity contribution is 9.10. The normalized spacial score (nSPS) is 15.2. The molecule has 0 bridgehead atoms. The first-order valence-electron chi connectivity index (χ1n) is 8.87. The van der Waals surface area contributed by atoms with E-state index >= 15 is 0 Å². The number of aromatic nitrogens is 4. The molecule has 1 fully saturated rings.